The van der Waals surface area contributed by atoms with Crippen LogP contribution in [0.2, 0.25) is 0 Å². The summed E-state index contributed by atoms with van der Waals surface area (Å²) in [5.41, 5.74) is 11.4. The average molecular weight is 630 g/mol. The van der Waals surface area contributed by atoms with Crippen LogP contribution in [0.1, 0.15) is 11.1 Å². The van der Waals surface area contributed by atoms with Crippen LogP contribution < -0.4 is 0 Å². The van der Waals surface area contributed by atoms with Gasteiger partial charge in [-0.05, 0) is 96.9 Å². The Bertz CT molecular complexity index is 3020. The smallest absolute Gasteiger partial charge is 0.135 e. The van der Waals surface area contributed by atoms with Crippen LogP contribution in [0.4, 0.5) is 0 Å². The normalized spacial score (nSPS) is 11.8. The van der Waals surface area contributed by atoms with E-state index in [-0.39, 0.29) is 5.75 Å². The SMILES string of the molecule is Cc1c(-c2ccc3c(c2O)c2ccccc2n3-c2ccc(C#N)cc2)ccc2c1c1ccccc1n2-c1ccc2oc3ccccc3c2c1. The van der Waals surface area contributed by atoms with Gasteiger partial charge in [0.1, 0.15) is 16.9 Å². The zero-order valence-electron chi connectivity index (χ0n) is 26.5. The maximum Gasteiger partial charge on any atom is 0.135 e. The zero-order chi connectivity index (χ0) is 32.8. The number of hydrogen-bond acceptors (Lipinski definition) is 3. The third-order valence-electron chi connectivity index (χ3n) is 10.1. The van der Waals surface area contributed by atoms with E-state index in [9.17, 15) is 10.4 Å². The molecule has 0 aliphatic rings. The highest BCUT2D eigenvalue weighted by Gasteiger charge is 2.22. The maximum atomic E-state index is 12.1. The van der Waals surface area contributed by atoms with Crippen LogP contribution in [-0.4, -0.2) is 14.2 Å². The molecule has 7 aromatic carbocycles. The van der Waals surface area contributed by atoms with Crippen molar-refractivity contribution in [2.75, 3.05) is 0 Å². The molecule has 3 heterocycles. The lowest BCUT2D eigenvalue weighted by atomic mass is 9.94. The van der Waals surface area contributed by atoms with Gasteiger partial charge in [-0.25, -0.2) is 0 Å². The highest BCUT2D eigenvalue weighted by Crippen LogP contribution is 2.46. The summed E-state index contributed by atoms with van der Waals surface area (Å²) in [5, 5.41) is 27.8. The summed E-state index contributed by atoms with van der Waals surface area (Å²) in [5.74, 6) is 0.254. The molecule has 1 N–H and O–H groups in total. The van der Waals surface area contributed by atoms with Crippen molar-refractivity contribution in [1.29, 1.82) is 5.26 Å². The number of rotatable bonds is 3. The number of aromatic hydroxyl groups is 1. The van der Waals surface area contributed by atoms with Crippen LogP contribution in [0, 0.1) is 18.3 Å². The van der Waals surface area contributed by atoms with Crippen molar-refractivity contribution < 1.29 is 9.52 Å². The molecule has 0 spiro atoms. The highest BCUT2D eigenvalue weighted by atomic mass is 16.3. The van der Waals surface area contributed by atoms with Gasteiger partial charge in [-0.1, -0.05) is 60.7 Å². The van der Waals surface area contributed by atoms with E-state index >= 15 is 0 Å². The number of para-hydroxylation sites is 3. The minimum absolute atomic E-state index is 0.254. The molecule has 3 aromatic heterocycles. The molecular weight excluding hydrogens is 603 g/mol. The van der Waals surface area contributed by atoms with E-state index in [1.807, 2.05) is 60.7 Å². The van der Waals surface area contributed by atoms with Crippen molar-refractivity contribution in [1.82, 2.24) is 9.13 Å². The molecule has 230 valence electrons. The Hall–Kier alpha value is -6.77. The predicted octanol–water partition coefficient (Wildman–Crippen LogP) is 11.3. The van der Waals surface area contributed by atoms with Crippen molar-refractivity contribution in [2.45, 2.75) is 6.92 Å². The summed E-state index contributed by atoms with van der Waals surface area (Å²) >= 11 is 0. The summed E-state index contributed by atoms with van der Waals surface area (Å²) in [4.78, 5) is 0. The van der Waals surface area contributed by atoms with Crippen LogP contribution in [-0.2, 0) is 0 Å². The first-order valence-corrected chi connectivity index (χ1v) is 16.3. The number of benzene rings is 7. The third-order valence-corrected chi connectivity index (χ3v) is 10.1. The number of furan rings is 1. The number of nitrogens with zero attached hydrogens (tertiary/aromatic N) is 3. The van der Waals surface area contributed by atoms with E-state index in [0.717, 1.165) is 93.6 Å². The van der Waals surface area contributed by atoms with E-state index in [1.54, 1.807) is 0 Å². The second-order valence-corrected chi connectivity index (χ2v) is 12.6. The summed E-state index contributed by atoms with van der Waals surface area (Å²) < 4.78 is 10.6. The third kappa shape index (κ3) is 3.80. The Morgan fingerprint density at radius 2 is 1.10 bits per heavy atom. The summed E-state index contributed by atoms with van der Waals surface area (Å²) in [7, 11) is 0. The molecule has 0 fully saturated rings. The van der Waals surface area contributed by atoms with Crippen LogP contribution in [0.15, 0.2) is 144 Å². The summed E-state index contributed by atoms with van der Waals surface area (Å²) in [6, 6.07) is 49.5. The van der Waals surface area contributed by atoms with Gasteiger partial charge < -0.3 is 18.7 Å². The largest absolute Gasteiger partial charge is 0.507 e. The molecule has 10 rings (SSSR count). The fraction of sp³-hybridized carbons (Fsp3) is 0.0227. The molecular formula is C44H27N3O2. The number of fused-ring (bicyclic) bond motifs is 9. The molecule has 0 aliphatic heterocycles. The lowest BCUT2D eigenvalue weighted by Crippen LogP contribution is -1.95. The Kier molecular flexibility index (Phi) is 5.65. The van der Waals surface area contributed by atoms with E-state index in [1.165, 1.54) is 0 Å². The fourth-order valence-electron chi connectivity index (χ4n) is 7.88. The van der Waals surface area contributed by atoms with Gasteiger partial charge in [0.15, 0.2) is 0 Å². The van der Waals surface area contributed by atoms with Crippen molar-refractivity contribution in [3.63, 3.8) is 0 Å². The number of aryl methyl sites for hydroxylation is 1. The lowest BCUT2D eigenvalue weighted by Gasteiger charge is -2.13. The number of phenols is 1. The number of nitriles is 1. The molecule has 0 atom stereocenters. The minimum atomic E-state index is 0.254. The number of hydrogen-bond donors (Lipinski definition) is 1. The zero-order valence-corrected chi connectivity index (χ0v) is 26.5. The molecule has 5 nitrogen and oxygen atoms in total. The van der Waals surface area contributed by atoms with E-state index < -0.39 is 0 Å². The summed E-state index contributed by atoms with van der Waals surface area (Å²) in [6.45, 7) is 2.16. The number of phenolic OH excluding ortho intramolecular Hbond substituents is 1. The minimum Gasteiger partial charge on any atom is -0.507 e. The predicted molar refractivity (Wildman–Crippen MR) is 199 cm³/mol. The second kappa shape index (κ2) is 10.1. The Morgan fingerprint density at radius 1 is 0.531 bits per heavy atom. The molecule has 0 bridgehead atoms. The van der Waals surface area contributed by atoms with E-state index in [4.69, 9.17) is 4.42 Å². The van der Waals surface area contributed by atoms with Crippen LogP contribution in [0.25, 0.3) is 88.1 Å². The lowest BCUT2D eigenvalue weighted by molar-refractivity contribution is 0.484. The molecule has 0 saturated heterocycles. The highest BCUT2D eigenvalue weighted by molar-refractivity contribution is 6.16. The van der Waals surface area contributed by atoms with Gasteiger partial charge in [-0.3, -0.25) is 0 Å². The van der Waals surface area contributed by atoms with E-state index in [2.05, 4.69) is 101 Å². The fourth-order valence-corrected chi connectivity index (χ4v) is 7.88. The molecule has 0 amide bonds. The topological polar surface area (TPSA) is 67.0 Å². The van der Waals surface area contributed by atoms with Gasteiger partial charge in [-0.2, -0.15) is 5.26 Å². The van der Waals surface area contributed by atoms with Crippen molar-refractivity contribution in [3.05, 3.63) is 151 Å². The van der Waals surface area contributed by atoms with Gasteiger partial charge in [0.05, 0.1) is 39.1 Å². The summed E-state index contributed by atoms with van der Waals surface area (Å²) in [6.07, 6.45) is 0. The standard InChI is InChI=1S/C44H27N3O2/c1-26-30(32-20-22-39-43(44(32)48)34-10-3-6-12-37(34)46(39)28-16-14-27(25-45)15-17-28)19-21-38-42(26)33-9-2-5-11-36(33)47(38)29-18-23-41-35(24-29)31-8-4-7-13-40(31)49-41/h2-24,48H,1H3. The molecule has 0 radical (unpaired) electrons. The second-order valence-electron chi connectivity index (χ2n) is 12.6. The maximum absolute atomic E-state index is 12.1. The van der Waals surface area contributed by atoms with Gasteiger partial charge in [-0.15, -0.1) is 0 Å². The Morgan fingerprint density at radius 3 is 1.84 bits per heavy atom. The molecule has 0 unspecified atom stereocenters. The first kappa shape index (κ1) is 27.4. The van der Waals surface area contributed by atoms with Crippen molar-refractivity contribution in [2.24, 2.45) is 0 Å². The average Bonchev–Trinajstić information content (AvgIpc) is 3.80. The van der Waals surface area contributed by atoms with Gasteiger partial charge in [0.2, 0.25) is 0 Å². The van der Waals surface area contributed by atoms with Crippen molar-refractivity contribution in [3.8, 4) is 34.3 Å². The monoisotopic (exact) mass is 629 g/mol. The quantitative estimate of drug-likeness (QED) is 0.211. The van der Waals surface area contributed by atoms with Crippen LogP contribution in [0.3, 0.4) is 0 Å². The van der Waals surface area contributed by atoms with Gasteiger partial charge >= 0.3 is 0 Å². The van der Waals surface area contributed by atoms with Gasteiger partial charge in [0, 0.05) is 43.9 Å². The Balaban J connectivity index is 1.20. The van der Waals surface area contributed by atoms with Crippen molar-refractivity contribution >= 4 is 65.6 Å². The van der Waals surface area contributed by atoms with Crippen LogP contribution in [0.5, 0.6) is 5.75 Å². The molecule has 0 saturated carbocycles. The first-order chi connectivity index (χ1) is 24.1. The molecule has 5 heteroatoms. The first-order valence-electron chi connectivity index (χ1n) is 16.3. The number of aromatic nitrogens is 2. The molecule has 49 heavy (non-hydrogen) atoms. The molecule has 0 aliphatic carbocycles. The molecule has 10 aromatic rings. The Labute approximate surface area is 280 Å². The van der Waals surface area contributed by atoms with Crippen LogP contribution >= 0.6 is 0 Å². The van der Waals surface area contributed by atoms with E-state index in [0.29, 0.717) is 5.56 Å². The van der Waals surface area contributed by atoms with Gasteiger partial charge in [0.25, 0.3) is 0 Å².